The monoisotopic (exact) mass is 436 g/mol. The molecular formula is C26H28O6. The van der Waals surface area contributed by atoms with Gasteiger partial charge in [0, 0.05) is 12.7 Å². The molecule has 0 aliphatic carbocycles. The van der Waals surface area contributed by atoms with Crippen LogP contribution in [-0.4, -0.2) is 46.3 Å². The van der Waals surface area contributed by atoms with Crippen LogP contribution in [0.3, 0.4) is 0 Å². The average Bonchev–Trinajstić information content (AvgIpc) is 2.82. The fraction of sp³-hybridized carbons (Fsp3) is 0.269. The second kappa shape index (κ2) is 12.5. The van der Waals surface area contributed by atoms with Crippen molar-refractivity contribution in [1.29, 1.82) is 0 Å². The Morgan fingerprint density at radius 3 is 2.50 bits per heavy atom. The van der Waals surface area contributed by atoms with E-state index in [1.54, 1.807) is 14.0 Å². The fourth-order valence-corrected chi connectivity index (χ4v) is 3.08. The second-order valence-electron chi connectivity index (χ2n) is 6.86. The summed E-state index contributed by atoms with van der Waals surface area (Å²) in [6.07, 6.45) is 4.04. The first-order valence-corrected chi connectivity index (χ1v) is 10.5. The molecule has 3 aromatic carbocycles. The zero-order valence-electron chi connectivity index (χ0n) is 18.4. The molecule has 0 radical (unpaired) electrons. The molecule has 0 spiro atoms. The number of esters is 1. The maximum absolute atomic E-state index is 11.4. The van der Waals surface area contributed by atoms with Gasteiger partial charge in [0.1, 0.15) is 11.5 Å². The normalized spacial score (nSPS) is 11.1. The van der Waals surface area contributed by atoms with E-state index in [9.17, 15) is 4.79 Å². The number of methoxy groups -OCH3 is 1. The van der Waals surface area contributed by atoms with Crippen molar-refractivity contribution < 1.29 is 28.5 Å². The van der Waals surface area contributed by atoms with E-state index in [1.165, 1.54) is 0 Å². The van der Waals surface area contributed by atoms with Crippen LogP contribution in [0.25, 0.3) is 22.9 Å². The van der Waals surface area contributed by atoms with Gasteiger partial charge in [0.15, 0.2) is 13.4 Å². The molecular weight excluding hydrogens is 408 g/mol. The molecule has 6 nitrogen and oxygen atoms in total. The van der Waals surface area contributed by atoms with Crippen LogP contribution in [0.4, 0.5) is 0 Å². The van der Waals surface area contributed by atoms with Gasteiger partial charge >= 0.3 is 5.97 Å². The van der Waals surface area contributed by atoms with Gasteiger partial charge < -0.3 is 23.7 Å². The van der Waals surface area contributed by atoms with Crippen molar-refractivity contribution in [1.82, 2.24) is 0 Å². The summed E-state index contributed by atoms with van der Waals surface area (Å²) in [6, 6.07) is 19.6. The highest BCUT2D eigenvalue weighted by molar-refractivity contribution is 5.95. The van der Waals surface area contributed by atoms with E-state index in [-0.39, 0.29) is 19.4 Å². The Kier molecular flexibility index (Phi) is 9.10. The Morgan fingerprint density at radius 1 is 0.906 bits per heavy atom. The van der Waals surface area contributed by atoms with Crippen LogP contribution in [0.1, 0.15) is 18.1 Å². The molecule has 0 saturated carbocycles. The summed E-state index contributed by atoms with van der Waals surface area (Å²) in [7, 11) is 1.63. The van der Waals surface area contributed by atoms with Crippen LogP contribution in [0.2, 0.25) is 0 Å². The summed E-state index contributed by atoms with van der Waals surface area (Å²) in [5.74, 6) is 0.968. The molecule has 0 heterocycles. The van der Waals surface area contributed by atoms with E-state index < -0.39 is 0 Å². The van der Waals surface area contributed by atoms with Gasteiger partial charge in [0.25, 0.3) is 0 Å². The lowest BCUT2D eigenvalue weighted by Crippen LogP contribution is -2.14. The summed E-state index contributed by atoms with van der Waals surface area (Å²) in [5.41, 5.74) is 1.96. The SMILES string of the molecule is CCOC(=O)COc1ccc(/C=C/c2c(OCOCCOC)ccc3ccccc23)cc1. The number of rotatable bonds is 12. The van der Waals surface area contributed by atoms with Crippen molar-refractivity contribution in [3.05, 3.63) is 71.8 Å². The first-order valence-electron chi connectivity index (χ1n) is 10.5. The molecule has 32 heavy (non-hydrogen) atoms. The van der Waals surface area contributed by atoms with E-state index in [4.69, 9.17) is 23.7 Å². The maximum atomic E-state index is 11.4. The molecule has 0 aromatic heterocycles. The molecule has 0 saturated heterocycles. The van der Waals surface area contributed by atoms with Crippen LogP contribution in [0, 0.1) is 0 Å². The topological polar surface area (TPSA) is 63.2 Å². The molecule has 0 unspecified atom stereocenters. The number of hydrogen-bond donors (Lipinski definition) is 0. The van der Waals surface area contributed by atoms with E-state index in [1.807, 2.05) is 60.7 Å². The zero-order valence-corrected chi connectivity index (χ0v) is 18.4. The minimum Gasteiger partial charge on any atom is -0.482 e. The molecule has 0 aliphatic rings. The standard InChI is InChI=1S/C26H28O6/c1-3-30-26(27)18-31-22-12-8-20(9-13-22)10-14-24-23-7-5-4-6-21(23)11-15-25(24)32-19-29-17-16-28-2/h4-15H,3,16-19H2,1-2H3/b14-10+. The van der Waals surface area contributed by atoms with Gasteiger partial charge in [-0.2, -0.15) is 0 Å². The molecule has 0 fully saturated rings. The molecule has 3 rings (SSSR count). The Hall–Kier alpha value is -3.35. The van der Waals surface area contributed by atoms with Gasteiger partial charge in [-0.25, -0.2) is 4.79 Å². The lowest BCUT2D eigenvalue weighted by atomic mass is 10.0. The van der Waals surface area contributed by atoms with Crippen LogP contribution in [0.5, 0.6) is 11.5 Å². The highest BCUT2D eigenvalue weighted by Gasteiger charge is 2.07. The molecule has 0 aliphatic heterocycles. The van der Waals surface area contributed by atoms with Crippen LogP contribution in [-0.2, 0) is 19.0 Å². The van der Waals surface area contributed by atoms with Crippen LogP contribution >= 0.6 is 0 Å². The van der Waals surface area contributed by atoms with Crippen molar-refractivity contribution in [2.75, 3.05) is 40.3 Å². The van der Waals surface area contributed by atoms with E-state index >= 15 is 0 Å². The average molecular weight is 437 g/mol. The van der Waals surface area contributed by atoms with Crippen molar-refractivity contribution >= 4 is 28.9 Å². The van der Waals surface area contributed by atoms with Crippen molar-refractivity contribution in [2.24, 2.45) is 0 Å². The Balaban J connectivity index is 1.73. The number of carbonyl (C=O) groups excluding carboxylic acids is 1. The first-order chi connectivity index (χ1) is 15.7. The summed E-state index contributed by atoms with van der Waals surface area (Å²) in [5, 5.41) is 2.22. The predicted molar refractivity (Wildman–Crippen MR) is 125 cm³/mol. The molecule has 0 bridgehead atoms. The number of ether oxygens (including phenoxy) is 5. The summed E-state index contributed by atoms with van der Waals surface area (Å²) < 4.78 is 26.6. The highest BCUT2D eigenvalue weighted by atomic mass is 16.7. The first kappa shape index (κ1) is 23.3. The van der Waals surface area contributed by atoms with Gasteiger partial charge in [0.05, 0.1) is 19.8 Å². The molecule has 168 valence electrons. The van der Waals surface area contributed by atoms with E-state index in [0.29, 0.717) is 25.6 Å². The third-order valence-electron chi connectivity index (χ3n) is 4.64. The zero-order chi connectivity index (χ0) is 22.6. The van der Waals surface area contributed by atoms with Crippen LogP contribution in [0.15, 0.2) is 60.7 Å². The minimum atomic E-state index is -0.383. The number of fused-ring (bicyclic) bond motifs is 1. The van der Waals surface area contributed by atoms with Gasteiger partial charge in [-0.05, 0) is 41.5 Å². The van der Waals surface area contributed by atoms with Crippen molar-refractivity contribution in [3.63, 3.8) is 0 Å². The molecule has 0 N–H and O–H groups in total. The molecule has 3 aromatic rings. The molecule has 0 amide bonds. The predicted octanol–water partition coefficient (Wildman–Crippen LogP) is 4.95. The molecule has 0 atom stereocenters. The summed E-state index contributed by atoms with van der Waals surface area (Å²) in [4.78, 5) is 11.4. The fourth-order valence-electron chi connectivity index (χ4n) is 3.08. The largest absolute Gasteiger partial charge is 0.482 e. The Bertz CT molecular complexity index is 1030. The van der Waals surface area contributed by atoms with Crippen molar-refractivity contribution in [2.45, 2.75) is 6.92 Å². The Morgan fingerprint density at radius 2 is 1.72 bits per heavy atom. The number of hydrogen-bond acceptors (Lipinski definition) is 6. The number of carbonyl (C=O) groups is 1. The lowest BCUT2D eigenvalue weighted by Gasteiger charge is -2.12. The van der Waals surface area contributed by atoms with E-state index in [0.717, 1.165) is 27.6 Å². The van der Waals surface area contributed by atoms with Crippen LogP contribution < -0.4 is 9.47 Å². The van der Waals surface area contributed by atoms with Gasteiger partial charge in [0.2, 0.25) is 0 Å². The van der Waals surface area contributed by atoms with Gasteiger partial charge in [-0.1, -0.05) is 54.6 Å². The number of benzene rings is 3. The lowest BCUT2D eigenvalue weighted by molar-refractivity contribution is -0.145. The van der Waals surface area contributed by atoms with E-state index in [2.05, 4.69) is 12.1 Å². The smallest absolute Gasteiger partial charge is 0.344 e. The highest BCUT2D eigenvalue weighted by Crippen LogP contribution is 2.30. The molecule has 6 heteroatoms. The third-order valence-corrected chi connectivity index (χ3v) is 4.64. The Labute approximate surface area is 188 Å². The minimum absolute atomic E-state index is 0.105. The third kappa shape index (κ3) is 6.83. The van der Waals surface area contributed by atoms with Gasteiger partial charge in [-0.15, -0.1) is 0 Å². The second-order valence-corrected chi connectivity index (χ2v) is 6.86. The summed E-state index contributed by atoms with van der Waals surface area (Å²) in [6.45, 7) is 3.14. The maximum Gasteiger partial charge on any atom is 0.344 e. The summed E-state index contributed by atoms with van der Waals surface area (Å²) >= 11 is 0. The van der Waals surface area contributed by atoms with Crippen molar-refractivity contribution in [3.8, 4) is 11.5 Å². The quantitative estimate of drug-likeness (QED) is 0.173. The van der Waals surface area contributed by atoms with Gasteiger partial charge in [-0.3, -0.25) is 0 Å².